The highest BCUT2D eigenvalue weighted by Gasteiger charge is 2.12. The summed E-state index contributed by atoms with van der Waals surface area (Å²) in [4.78, 5) is 16.7. The van der Waals surface area contributed by atoms with Crippen LogP contribution in [0.4, 0.5) is 0 Å². The van der Waals surface area contributed by atoms with Crippen LogP contribution >= 0.6 is 7.82 Å². The van der Waals surface area contributed by atoms with Crippen molar-refractivity contribution in [2.45, 2.75) is 45.4 Å². The normalized spacial score (nSPS) is 11.9. The Kier molecular flexibility index (Phi) is 7.57. The molecule has 0 aromatic carbocycles. The maximum absolute atomic E-state index is 10.2. The molecule has 0 aromatic heterocycles. The molecule has 5 heteroatoms. The molecule has 0 bridgehead atoms. The van der Waals surface area contributed by atoms with Gasteiger partial charge in [0.25, 0.3) is 0 Å². The van der Waals surface area contributed by atoms with Crippen LogP contribution in [0.1, 0.15) is 45.4 Å². The summed E-state index contributed by atoms with van der Waals surface area (Å²) in [6.45, 7) is 2.31. The highest BCUT2D eigenvalue weighted by atomic mass is 31.2. The average molecular weight is 210 g/mol. The minimum Gasteiger partial charge on any atom is -0.303 e. The van der Waals surface area contributed by atoms with Gasteiger partial charge >= 0.3 is 7.82 Å². The Balaban J connectivity index is 3.04. The van der Waals surface area contributed by atoms with E-state index in [1.165, 1.54) is 19.3 Å². The molecule has 4 nitrogen and oxygen atoms in total. The second-order valence-corrected chi connectivity index (χ2v) is 4.33. The lowest BCUT2D eigenvalue weighted by Crippen LogP contribution is -1.92. The van der Waals surface area contributed by atoms with Gasteiger partial charge in [0.05, 0.1) is 6.61 Å². The Morgan fingerprint density at radius 2 is 1.62 bits per heavy atom. The van der Waals surface area contributed by atoms with E-state index in [-0.39, 0.29) is 6.61 Å². The Morgan fingerprint density at radius 1 is 1.08 bits per heavy atom. The summed E-state index contributed by atoms with van der Waals surface area (Å²) in [5, 5.41) is 0. The summed E-state index contributed by atoms with van der Waals surface area (Å²) < 4.78 is 14.5. The number of hydrogen-bond donors (Lipinski definition) is 2. The van der Waals surface area contributed by atoms with Crippen molar-refractivity contribution < 1.29 is 18.9 Å². The lowest BCUT2D eigenvalue weighted by Gasteiger charge is -2.04. The lowest BCUT2D eigenvalue weighted by molar-refractivity contribution is 0.193. The van der Waals surface area contributed by atoms with Crippen molar-refractivity contribution in [3.63, 3.8) is 0 Å². The van der Waals surface area contributed by atoms with E-state index in [4.69, 9.17) is 9.79 Å². The van der Waals surface area contributed by atoms with E-state index in [0.717, 1.165) is 19.3 Å². The standard InChI is InChI=1S/C8H19O4P/c1-2-3-4-5-6-7-8-12-13(9,10)11/h2-8H2,1H3,(H2,9,10,11). The third-order valence-corrected chi connectivity index (χ3v) is 2.28. The number of unbranched alkanes of at least 4 members (excludes halogenated alkanes) is 5. The summed E-state index contributed by atoms with van der Waals surface area (Å²) in [5.41, 5.74) is 0. The molecule has 2 N–H and O–H groups in total. The molecule has 0 atom stereocenters. The summed E-state index contributed by atoms with van der Waals surface area (Å²) in [6.07, 6.45) is 6.48. The average Bonchev–Trinajstić information content (AvgIpc) is 2.01. The minimum absolute atomic E-state index is 0.163. The van der Waals surface area contributed by atoms with Crippen LogP contribution in [0.5, 0.6) is 0 Å². The van der Waals surface area contributed by atoms with Gasteiger partial charge in [-0.05, 0) is 6.42 Å². The Labute approximate surface area is 79.5 Å². The number of hydrogen-bond acceptors (Lipinski definition) is 2. The zero-order valence-corrected chi connectivity index (χ0v) is 9.00. The molecular formula is C8H19O4P. The van der Waals surface area contributed by atoms with Gasteiger partial charge in [-0.25, -0.2) is 4.57 Å². The number of phosphoric ester groups is 1. The van der Waals surface area contributed by atoms with Crippen LogP contribution < -0.4 is 0 Å². The van der Waals surface area contributed by atoms with E-state index in [1.807, 2.05) is 0 Å². The molecule has 0 fully saturated rings. The first-order chi connectivity index (χ1) is 6.06. The van der Waals surface area contributed by atoms with Crippen LogP contribution in [0.2, 0.25) is 0 Å². The van der Waals surface area contributed by atoms with Crippen LogP contribution in [0.15, 0.2) is 0 Å². The molecule has 0 aliphatic rings. The maximum Gasteiger partial charge on any atom is 0.469 e. The third-order valence-electron chi connectivity index (χ3n) is 1.76. The van der Waals surface area contributed by atoms with Crippen LogP contribution in [0.25, 0.3) is 0 Å². The summed E-state index contributed by atoms with van der Waals surface area (Å²) in [7, 11) is -4.23. The molecule has 0 aliphatic heterocycles. The fourth-order valence-electron chi connectivity index (χ4n) is 1.07. The molecule has 0 aliphatic carbocycles. The second-order valence-electron chi connectivity index (χ2n) is 3.09. The van der Waals surface area contributed by atoms with Crippen molar-refractivity contribution in [2.75, 3.05) is 6.61 Å². The van der Waals surface area contributed by atoms with Crippen LogP contribution in [-0.4, -0.2) is 16.4 Å². The minimum atomic E-state index is -4.23. The number of rotatable bonds is 8. The summed E-state index contributed by atoms with van der Waals surface area (Å²) in [5.74, 6) is 0. The maximum atomic E-state index is 10.2. The molecule has 80 valence electrons. The van der Waals surface area contributed by atoms with Crippen molar-refractivity contribution in [1.29, 1.82) is 0 Å². The first-order valence-corrected chi connectivity index (χ1v) is 6.29. The van der Waals surface area contributed by atoms with Gasteiger partial charge in [-0.3, -0.25) is 4.52 Å². The second kappa shape index (κ2) is 7.51. The van der Waals surface area contributed by atoms with E-state index < -0.39 is 7.82 Å². The predicted octanol–water partition coefficient (Wildman–Crippen LogP) is 2.46. The molecule has 0 amide bonds. The van der Waals surface area contributed by atoms with E-state index in [1.54, 1.807) is 0 Å². The van der Waals surface area contributed by atoms with Crippen LogP contribution in [0, 0.1) is 0 Å². The van der Waals surface area contributed by atoms with Gasteiger partial charge in [-0.1, -0.05) is 39.0 Å². The smallest absolute Gasteiger partial charge is 0.303 e. The Bertz CT molecular complexity index is 154. The van der Waals surface area contributed by atoms with Gasteiger partial charge in [0, 0.05) is 0 Å². The van der Waals surface area contributed by atoms with Crippen LogP contribution in [-0.2, 0) is 9.09 Å². The SMILES string of the molecule is CCCCCCCCOP(=O)(O)O. The van der Waals surface area contributed by atoms with E-state index in [2.05, 4.69) is 11.4 Å². The highest BCUT2D eigenvalue weighted by Crippen LogP contribution is 2.35. The quantitative estimate of drug-likeness (QED) is 0.477. The van der Waals surface area contributed by atoms with Crippen molar-refractivity contribution in [3.05, 3.63) is 0 Å². The Hall–Kier alpha value is 0.110. The van der Waals surface area contributed by atoms with E-state index >= 15 is 0 Å². The number of phosphoric acid groups is 1. The van der Waals surface area contributed by atoms with Gasteiger partial charge in [0.15, 0.2) is 0 Å². The molecule has 13 heavy (non-hydrogen) atoms. The van der Waals surface area contributed by atoms with Gasteiger partial charge in [-0.2, -0.15) is 0 Å². The van der Waals surface area contributed by atoms with Gasteiger partial charge < -0.3 is 9.79 Å². The van der Waals surface area contributed by atoms with Crippen molar-refractivity contribution in [3.8, 4) is 0 Å². The Morgan fingerprint density at radius 3 is 2.15 bits per heavy atom. The zero-order valence-electron chi connectivity index (χ0n) is 8.11. The van der Waals surface area contributed by atoms with Crippen LogP contribution in [0.3, 0.4) is 0 Å². The first kappa shape index (κ1) is 13.1. The fraction of sp³-hybridized carbons (Fsp3) is 1.00. The predicted molar refractivity (Wildman–Crippen MR) is 51.4 cm³/mol. The van der Waals surface area contributed by atoms with Gasteiger partial charge in [-0.15, -0.1) is 0 Å². The topological polar surface area (TPSA) is 66.8 Å². The summed E-state index contributed by atoms with van der Waals surface area (Å²) in [6, 6.07) is 0. The zero-order chi connectivity index (χ0) is 10.2. The van der Waals surface area contributed by atoms with Crippen molar-refractivity contribution >= 4 is 7.82 Å². The summed E-state index contributed by atoms with van der Waals surface area (Å²) >= 11 is 0. The molecule has 0 saturated carbocycles. The fourth-order valence-corrected chi connectivity index (χ4v) is 1.43. The molecule has 0 radical (unpaired) electrons. The molecule has 0 unspecified atom stereocenters. The van der Waals surface area contributed by atoms with Crippen molar-refractivity contribution in [1.82, 2.24) is 0 Å². The third kappa shape index (κ3) is 12.1. The first-order valence-electron chi connectivity index (χ1n) is 4.76. The van der Waals surface area contributed by atoms with Gasteiger partial charge in [0.2, 0.25) is 0 Å². The molecule has 0 spiro atoms. The van der Waals surface area contributed by atoms with Gasteiger partial charge in [0.1, 0.15) is 0 Å². The monoisotopic (exact) mass is 210 g/mol. The molecule has 0 rings (SSSR count). The molecular weight excluding hydrogens is 191 g/mol. The lowest BCUT2D eigenvalue weighted by atomic mass is 10.1. The van der Waals surface area contributed by atoms with E-state index in [9.17, 15) is 4.57 Å². The highest BCUT2D eigenvalue weighted by molar-refractivity contribution is 7.46. The molecule has 0 aromatic rings. The largest absolute Gasteiger partial charge is 0.469 e. The van der Waals surface area contributed by atoms with E-state index in [0.29, 0.717) is 0 Å². The molecule has 0 heterocycles. The molecule has 0 saturated heterocycles. The van der Waals surface area contributed by atoms with Crippen molar-refractivity contribution in [2.24, 2.45) is 0 Å².